The molecule has 0 aliphatic heterocycles. The van der Waals surface area contributed by atoms with Crippen molar-refractivity contribution < 1.29 is 9.90 Å². The van der Waals surface area contributed by atoms with E-state index in [0.717, 1.165) is 32.6 Å². The SMILES string of the molecule is Cc1ccnc(Nc2cccc(-c3cnc(N(C)Cc4ccc(C(=O)O)cc4Cl)s3)n2)c1.Cl.Cl. The van der Waals surface area contributed by atoms with Crippen molar-refractivity contribution in [3.05, 3.63) is 82.6 Å². The van der Waals surface area contributed by atoms with Crippen LogP contribution in [0.15, 0.2) is 60.9 Å². The number of thiazole rings is 1. The van der Waals surface area contributed by atoms with Gasteiger partial charge < -0.3 is 15.3 Å². The molecule has 1 aromatic carbocycles. The van der Waals surface area contributed by atoms with Crippen LogP contribution in [0.2, 0.25) is 5.02 Å². The maximum absolute atomic E-state index is 11.1. The molecule has 0 aliphatic rings. The van der Waals surface area contributed by atoms with Crippen molar-refractivity contribution in [2.24, 2.45) is 0 Å². The molecule has 0 unspecified atom stereocenters. The fourth-order valence-electron chi connectivity index (χ4n) is 3.07. The zero-order valence-corrected chi connectivity index (χ0v) is 21.4. The topological polar surface area (TPSA) is 91.2 Å². The number of nitrogens with zero attached hydrogens (tertiary/aromatic N) is 4. The van der Waals surface area contributed by atoms with Crippen LogP contribution in [0.25, 0.3) is 10.6 Å². The van der Waals surface area contributed by atoms with Crippen molar-refractivity contribution in [1.29, 1.82) is 0 Å². The number of aromatic nitrogens is 3. The van der Waals surface area contributed by atoms with E-state index in [1.807, 2.05) is 49.2 Å². The minimum atomic E-state index is -1.00. The number of nitrogens with one attached hydrogen (secondary N) is 1. The van der Waals surface area contributed by atoms with Crippen molar-refractivity contribution in [1.82, 2.24) is 15.0 Å². The molecule has 0 atom stereocenters. The normalized spacial score (nSPS) is 10.1. The molecule has 0 saturated heterocycles. The van der Waals surface area contributed by atoms with Crippen LogP contribution in [0.1, 0.15) is 21.5 Å². The van der Waals surface area contributed by atoms with Crippen molar-refractivity contribution in [3.63, 3.8) is 0 Å². The van der Waals surface area contributed by atoms with Gasteiger partial charge in [0.15, 0.2) is 5.13 Å². The summed E-state index contributed by atoms with van der Waals surface area (Å²) >= 11 is 7.79. The van der Waals surface area contributed by atoms with Crippen LogP contribution < -0.4 is 10.2 Å². The standard InChI is InChI=1S/C23H20ClN5O2S.2ClH/c1-14-8-9-25-21(10-14)28-20-5-3-4-18(27-20)19-12-26-23(32-19)29(2)13-16-7-6-15(22(30)31)11-17(16)24;;/h3-12H,13H2,1-2H3,(H,30,31)(H,25,27,28);2*1H. The fraction of sp³-hybridized carbons (Fsp3) is 0.130. The molecule has 178 valence electrons. The van der Waals surface area contributed by atoms with Gasteiger partial charge in [-0.2, -0.15) is 0 Å². The lowest BCUT2D eigenvalue weighted by Gasteiger charge is -2.16. The van der Waals surface area contributed by atoms with Crippen molar-refractivity contribution in [3.8, 4) is 10.6 Å². The summed E-state index contributed by atoms with van der Waals surface area (Å²) in [5.41, 5.74) is 2.92. The number of benzene rings is 1. The predicted octanol–water partition coefficient (Wildman–Crippen LogP) is 6.48. The molecule has 4 aromatic rings. The number of carbonyl (C=O) groups is 1. The second-order valence-electron chi connectivity index (χ2n) is 7.23. The largest absolute Gasteiger partial charge is 0.478 e. The number of rotatable bonds is 7. The Morgan fingerprint density at radius 3 is 2.62 bits per heavy atom. The average molecular weight is 539 g/mol. The zero-order valence-electron chi connectivity index (χ0n) is 18.2. The minimum absolute atomic E-state index is 0. The molecule has 34 heavy (non-hydrogen) atoms. The Kier molecular flexibility index (Phi) is 9.64. The Morgan fingerprint density at radius 2 is 1.91 bits per heavy atom. The lowest BCUT2D eigenvalue weighted by molar-refractivity contribution is 0.0697. The lowest BCUT2D eigenvalue weighted by atomic mass is 10.1. The summed E-state index contributed by atoms with van der Waals surface area (Å²) in [6.45, 7) is 2.51. The summed E-state index contributed by atoms with van der Waals surface area (Å²) < 4.78 is 0. The number of hydrogen-bond donors (Lipinski definition) is 2. The van der Waals surface area contributed by atoms with E-state index in [9.17, 15) is 4.79 Å². The summed E-state index contributed by atoms with van der Waals surface area (Å²) in [6, 6.07) is 14.4. The van der Waals surface area contributed by atoms with Gasteiger partial charge in [-0.3, -0.25) is 0 Å². The average Bonchev–Trinajstić information content (AvgIpc) is 3.26. The Bertz CT molecular complexity index is 1280. The van der Waals surface area contributed by atoms with Crippen LogP contribution in [0.4, 0.5) is 16.8 Å². The minimum Gasteiger partial charge on any atom is -0.478 e. The van der Waals surface area contributed by atoms with Gasteiger partial charge in [-0.1, -0.05) is 35.1 Å². The van der Waals surface area contributed by atoms with E-state index in [1.165, 1.54) is 17.4 Å². The third-order valence-electron chi connectivity index (χ3n) is 4.70. The highest BCUT2D eigenvalue weighted by Crippen LogP contribution is 2.31. The maximum Gasteiger partial charge on any atom is 0.335 e. The van der Waals surface area contributed by atoms with Crippen LogP contribution in [-0.4, -0.2) is 33.1 Å². The Morgan fingerprint density at radius 1 is 1.12 bits per heavy atom. The van der Waals surface area contributed by atoms with Gasteiger partial charge in [0.2, 0.25) is 0 Å². The Labute approximate surface area is 218 Å². The van der Waals surface area contributed by atoms with Crippen LogP contribution >= 0.6 is 47.8 Å². The molecule has 3 aromatic heterocycles. The quantitative estimate of drug-likeness (QED) is 0.278. The van der Waals surface area contributed by atoms with Crippen LogP contribution in [0.5, 0.6) is 0 Å². The molecule has 0 aliphatic carbocycles. The molecule has 2 N–H and O–H groups in total. The zero-order chi connectivity index (χ0) is 22.7. The number of carboxylic acids is 1. The van der Waals surface area contributed by atoms with Crippen molar-refractivity contribution in [2.75, 3.05) is 17.3 Å². The van der Waals surface area contributed by atoms with E-state index in [2.05, 4.69) is 20.3 Å². The van der Waals surface area contributed by atoms with Gasteiger partial charge in [0, 0.05) is 31.0 Å². The highest BCUT2D eigenvalue weighted by atomic mass is 35.5. The number of pyridine rings is 2. The maximum atomic E-state index is 11.1. The summed E-state index contributed by atoms with van der Waals surface area (Å²) in [4.78, 5) is 27.5. The molecular weight excluding hydrogens is 517 g/mol. The van der Waals surface area contributed by atoms with E-state index in [1.54, 1.807) is 24.5 Å². The third-order valence-corrected chi connectivity index (χ3v) is 6.19. The van der Waals surface area contributed by atoms with Crippen molar-refractivity contribution in [2.45, 2.75) is 13.5 Å². The molecule has 0 bridgehead atoms. The number of hydrogen-bond acceptors (Lipinski definition) is 7. The van der Waals surface area contributed by atoms with Gasteiger partial charge in [0.05, 0.1) is 16.1 Å². The van der Waals surface area contributed by atoms with Gasteiger partial charge in [-0.25, -0.2) is 19.7 Å². The van der Waals surface area contributed by atoms with Gasteiger partial charge in [-0.15, -0.1) is 24.8 Å². The van der Waals surface area contributed by atoms with E-state index in [-0.39, 0.29) is 30.4 Å². The molecule has 0 fully saturated rings. The van der Waals surface area contributed by atoms with Crippen LogP contribution in [0.3, 0.4) is 0 Å². The highest BCUT2D eigenvalue weighted by molar-refractivity contribution is 7.18. The molecule has 11 heteroatoms. The Balaban J connectivity index is 0.00000204. The van der Waals surface area contributed by atoms with E-state index < -0.39 is 5.97 Å². The van der Waals surface area contributed by atoms with Crippen molar-refractivity contribution >= 4 is 70.5 Å². The fourth-order valence-corrected chi connectivity index (χ4v) is 4.16. The van der Waals surface area contributed by atoms with E-state index in [0.29, 0.717) is 17.4 Å². The second kappa shape index (κ2) is 12.0. The number of aromatic carboxylic acids is 1. The van der Waals surface area contributed by atoms with Gasteiger partial charge in [0.1, 0.15) is 11.6 Å². The van der Waals surface area contributed by atoms with Gasteiger partial charge >= 0.3 is 5.97 Å². The summed E-state index contributed by atoms with van der Waals surface area (Å²) in [6.07, 6.45) is 3.55. The summed E-state index contributed by atoms with van der Waals surface area (Å²) in [5.74, 6) is 0.443. The molecule has 0 saturated carbocycles. The first-order valence-electron chi connectivity index (χ1n) is 9.75. The first kappa shape index (κ1) is 27.3. The number of anilines is 3. The molecule has 0 radical (unpaired) electrons. The van der Waals surface area contributed by atoms with Gasteiger partial charge in [0.25, 0.3) is 0 Å². The Hall–Kier alpha value is -2.91. The monoisotopic (exact) mass is 537 g/mol. The molecule has 7 nitrogen and oxygen atoms in total. The number of carboxylic acid groups (broad SMARTS) is 1. The first-order chi connectivity index (χ1) is 15.4. The molecule has 3 heterocycles. The molecule has 0 amide bonds. The van der Waals surface area contributed by atoms with Crippen LogP contribution in [-0.2, 0) is 6.54 Å². The first-order valence-corrected chi connectivity index (χ1v) is 10.9. The molecule has 4 rings (SSSR count). The molecular formula is C23H22Cl3N5O2S. The third kappa shape index (κ3) is 6.57. The second-order valence-corrected chi connectivity index (χ2v) is 8.64. The number of halogens is 3. The summed E-state index contributed by atoms with van der Waals surface area (Å²) in [5, 5.41) is 13.5. The van der Waals surface area contributed by atoms with E-state index in [4.69, 9.17) is 16.7 Å². The lowest BCUT2D eigenvalue weighted by Crippen LogP contribution is -2.16. The summed E-state index contributed by atoms with van der Waals surface area (Å²) in [7, 11) is 1.92. The smallest absolute Gasteiger partial charge is 0.335 e. The predicted molar refractivity (Wildman–Crippen MR) is 143 cm³/mol. The highest BCUT2D eigenvalue weighted by Gasteiger charge is 2.13. The number of aryl methyl sites for hydroxylation is 1. The van der Waals surface area contributed by atoms with E-state index >= 15 is 0 Å². The molecule has 0 spiro atoms. The van der Waals surface area contributed by atoms with Gasteiger partial charge in [-0.05, 0) is 54.4 Å². The van der Waals surface area contributed by atoms with Crippen LogP contribution in [0, 0.1) is 6.92 Å².